The Morgan fingerprint density at radius 1 is 1.24 bits per heavy atom. The third-order valence-electron chi connectivity index (χ3n) is 3.86. The van der Waals surface area contributed by atoms with E-state index in [4.69, 9.17) is 4.74 Å². The Morgan fingerprint density at radius 2 is 2.00 bits per heavy atom. The van der Waals surface area contributed by atoms with E-state index in [1.165, 1.54) is 22.4 Å². The molecule has 0 amide bonds. The van der Waals surface area contributed by atoms with Crippen molar-refractivity contribution in [1.82, 2.24) is 15.1 Å². The highest BCUT2D eigenvalue weighted by atomic mass is 16.5. The zero-order valence-electron chi connectivity index (χ0n) is 13.7. The SMILES string of the molecule is CCc1nn(C)c(CC)c1-c1ccc(OC)cc1CNC. The molecule has 0 bridgehead atoms. The normalized spacial score (nSPS) is 10.9. The lowest BCUT2D eigenvalue weighted by Crippen LogP contribution is -2.07. The summed E-state index contributed by atoms with van der Waals surface area (Å²) >= 11 is 0. The number of aromatic nitrogens is 2. The minimum Gasteiger partial charge on any atom is -0.497 e. The Balaban J connectivity index is 2.65. The molecule has 0 saturated carbocycles. The zero-order chi connectivity index (χ0) is 15.4. The fourth-order valence-electron chi connectivity index (χ4n) is 2.86. The van der Waals surface area contributed by atoms with Gasteiger partial charge in [-0.25, -0.2) is 0 Å². The lowest BCUT2D eigenvalue weighted by molar-refractivity contribution is 0.414. The second kappa shape index (κ2) is 6.76. The summed E-state index contributed by atoms with van der Waals surface area (Å²) in [6.07, 6.45) is 1.91. The first-order valence-corrected chi connectivity index (χ1v) is 7.52. The number of rotatable bonds is 6. The van der Waals surface area contributed by atoms with Crippen molar-refractivity contribution < 1.29 is 4.74 Å². The zero-order valence-corrected chi connectivity index (χ0v) is 13.7. The molecule has 21 heavy (non-hydrogen) atoms. The highest BCUT2D eigenvalue weighted by Gasteiger charge is 2.18. The summed E-state index contributed by atoms with van der Waals surface area (Å²) in [5, 5.41) is 7.93. The molecule has 0 aliphatic rings. The highest BCUT2D eigenvalue weighted by Crippen LogP contribution is 2.33. The van der Waals surface area contributed by atoms with Gasteiger partial charge < -0.3 is 10.1 Å². The molecule has 1 aromatic heterocycles. The first-order chi connectivity index (χ1) is 10.2. The molecule has 0 unspecified atom stereocenters. The Morgan fingerprint density at radius 3 is 2.57 bits per heavy atom. The van der Waals surface area contributed by atoms with E-state index in [1.54, 1.807) is 7.11 Å². The molecule has 1 aromatic carbocycles. The first-order valence-electron chi connectivity index (χ1n) is 7.52. The molecule has 0 radical (unpaired) electrons. The summed E-state index contributed by atoms with van der Waals surface area (Å²) < 4.78 is 7.38. The van der Waals surface area contributed by atoms with Gasteiger partial charge in [-0.05, 0) is 43.1 Å². The van der Waals surface area contributed by atoms with E-state index in [9.17, 15) is 0 Å². The number of nitrogens with one attached hydrogen (secondary N) is 1. The summed E-state index contributed by atoms with van der Waals surface area (Å²) in [6.45, 7) is 5.15. The number of benzene rings is 1. The van der Waals surface area contributed by atoms with E-state index < -0.39 is 0 Å². The van der Waals surface area contributed by atoms with Crippen molar-refractivity contribution >= 4 is 0 Å². The molecule has 2 rings (SSSR count). The smallest absolute Gasteiger partial charge is 0.119 e. The lowest BCUT2D eigenvalue weighted by Gasteiger charge is -2.13. The maximum Gasteiger partial charge on any atom is 0.119 e. The van der Waals surface area contributed by atoms with Gasteiger partial charge in [0, 0.05) is 24.8 Å². The van der Waals surface area contributed by atoms with Crippen molar-refractivity contribution in [2.24, 2.45) is 7.05 Å². The molecule has 1 heterocycles. The summed E-state index contributed by atoms with van der Waals surface area (Å²) in [6, 6.07) is 6.29. The fraction of sp³-hybridized carbons (Fsp3) is 0.471. The Hall–Kier alpha value is -1.81. The number of methoxy groups -OCH3 is 1. The summed E-state index contributed by atoms with van der Waals surface area (Å²) in [5.41, 5.74) is 6.24. The van der Waals surface area contributed by atoms with E-state index in [-0.39, 0.29) is 0 Å². The predicted molar refractivity (Wildman–Crippen MR) is 86.7 cm³/mol. The van der Waals surface area contributed by atoms with Crippen molar-refractivity contribution in [2.75, 3.05) is 14.2 Å². The molecule has 2 aromatic rings. The largest absolute Gasteiger partial charge is 0.497 e. The van der Waals surface area contributed by atoms with Crippen LogP contribution in [0.3, 0.4) is 0 Å². The van der Waals surface area contributed by atoms with Crippen LogP contribution < -0.4 is 10.1 Å². The predicted octanol–water partition coefficient (Wildman–Crippen LogP) is 2.94. The quantitative estimate of drug-likeness (QED) is 0.888. The molecule has 4 heteroatoms. The standard InChI is InChI=1S/C17H25N3O/c1-6-15-17(16(7-2)20(4)19-15)14-9-8-13(21-5)10-12(14)11-18-3/h8-10,18H,6-7,11H2,1-5H3. The van der Waals surface area contributed by atoms with Gasteiger partial charge in [-0.2, -0.15) is 5.10 Å². The van der Waals surface area contributed by atoms with Crippen molar-refractivity contribution in [3.8, 4) is 16.9 Å². The van der Waals surface area contributed by atoms with Crippen LogP contribution in [0.25, 0.3) is 11.1 Å². The van der Waals surface area contributed by atoms with Crippen molar-refractivity contribution in [3.63, 3.8) is 0 Å². The van der Waals surface area contributed by atoms with Crippen LogP contribution in [-0.2, 0) is 26.4 Å². The monoisotopic (exact) mass is 287 g/mol. The lowest BCUT2D eigenvalue weighted by atomic mass is 9.95. The highest BCUT2D eigenvalue weighted by molar-refractivity contribution is 5.73. The minimum absolute atomic E-state index is 0.813. The van der Waals surface area contributed by atoms with Crippen LogP contribution in [0.4, 0.5) is 0 Å². The van der Waals surface area contributed by atoms with Gasteiger partial charge in [0.1, 0.15) is 5.75 Å². The number of aryl methyl sites for hydroxylation is 2. The molecule has 0 aliphatic carbocycles. The number of hydrogen-bond acceptors (Lipinski definition) is 3. The van der Waals surface area contributed by atoms with Crippen LogP contribution in [0.15, 0.2) is 18.2 Å². The van der Waals surface area contributed by atoms with E-state index in [1.807, 2.05) is 24.8 Å². The minimum atomic E-state index is 0.813. The van der Waals surface area contributed by atoms with E-state index in [0.717, 1.165) is 30.8 Å². The fourth-order valence-corrected chi connectivity index (χ4v) is 2.86. The van der Waals surface area contributed by atoms with E-state index in [0.29, 0.717) is 0 Å². The second-order valence-electron chi connectivity index (χ2n) is 5.15. The molecule has 0 spiro atoms. The van der Waals surface area contributed by atoms with E-state index >= 15 is 0 Å². The van der Waals surface area contributed by atoms with Gasteiger partial charge in [-0.3, -0.25) is 4.68 Å². The van der Waals surface area contributed by atoms with Crippen molar-refractivity contribution in [1.29, 1.82) is 0 Å². The van der Waals surface area contributed by atoms with Crippen LogP contribution in [0.1, 0.15) is 30.8 Å². The van der Waals surface area contributed by atoms with Crippen molar-refractivity contribution in [2.45, 2.75) is 33.2 Å². The summed E-state index contributed by atoms with van der Waals surface area (Å²) in [7, 11) is 5.70. The van der Waals surface area contributed by atoms with Crippen LogP contribution in [0, 0.1) is 0 Å². The van der Waals surface area contributed by atoms with Crippen LogP contribution in [0.2, 0.25) is 0 Å². The number of nitrogens with zero attached hydrogens (tertiary/aromatic N) is 2. The van der Waals surface area contributed by atoms with Gasteiger partial charge in [0.2, 0.25) is 0 Å². The van der Waals surface area contributed by atoms with Gasteiger partial charge in [0.15, 0.2) is 0 Å². The van der Waals surface area contributed by atoms with Crippen LogP contribution in [-0.4, -0.2) is 23.9 Å². The second-order valence-corrected chi connectivity index (χ2v) is 5.15. The molecule has 0 fully saturated rings. The van der Waals surface area contributed by atoms with Gasteiger partial charge in [-0.15, -0.1) is 0 Å². The third-order valence-corrected chi connectivity index (χ3v) is 3.86. The Labute approximate surface area is 127 Å². The average Bonchev–Trinajstić information content (AvgIpc) is 2.83. The maximum absolute atomic E-state index is 5.36. The van der Waals surface area contributed by atoms with Gasteiger partial charge >= 0.3 is 0 Å². The molecule has 0 saturated heterocycles. The Kier molecular flexibility index (Phi) is 5.02. The van der Waals surface area contributed by atoms with Crippen molar-refractivity contribution in [3.05, 3.63) is 35.2 Å². The number of hydrogen-bond donors (Lipinski definition) is 1. The summed E-state index contributed by atoms with van der Waals surface area (Å²) in [4.78, 5) is 0. The molecule has 1 N–H and O–H groups in total. The van der Waals surface area contributed by atoms with Crippen LogP contribution in [0.5, 0.6) is 5.75 Å². The van der Waals surface area contributed by atoms with Crippen LogP contribution >= 0.6 is 0 Å². The first kappa shape index (κ1) is 15.6. The third kappa shape index (κ3) is 2.95. The topological polar surface area (TPSA) is 39.1 Å². The molecule has 114 valence electrons. The van der Waals surface area contributed by atoms with Gasteiger partial charge in [-0.1, -0.05) is 19.9 Å². The molecule has 0 aliphatic heterocycles. The average molecular weight is 287 g/mol. The van der Waals surface area contributed by atoms with E-state index in [2.05, 4.69) is 36.4 Å². The van der Waals surface area contributed by atoms with Gasteiger partial charge in [0.05, 0.1) is 12.8 Å². The molecule has 0 atom stereocenters. The Bertz CT molecular complexity index is 617. The maximum atomic E-state index is 5.36. The number of ether oxygens (including phenoxy) is 1. The molecule has 4 nitrogen and oxygen atoms in total. The summed E-state index contributed by atoms with van der Waals surface area (Å²) in [5.74, 6) is 0.893. The molecular weight excluding hydrogens is 262 g/mol. The van der Waals surface area contributed by atoms with Gasteiger partial charge in [0.25, 0.3) is 0 Å². The molecular formula is C17H25N3O.